The molecule has 12 heavy (non-hydrogen) atoms. The summed E-state index contributed by atoms with van der Waals surface area (Å²) in [4.78, 5) is 0. The summed E-state index contributed by atoms with van der Waals surface area (Å²) >= 11 is 0. The number of hydrogen-bond donors (Lipinski definition) is 0. The van der Waals surface area contributed by atoms with E-state index in [9.17, 15) is 0 Å². The van der Waals surface area contributed by atoms with Gasteiger partial charge in [0.1, 0.15) is 0 Å². The van der Waals surface area contributed by atoms with Gasteiger partial charge in [-0.05, 0) is 12.8 Å². The SMILES string of the molecule is CCCC(CC)c1nnc(C)o1. The first kappa shape index (κ1) is 9.23. The van der Waals surface area contributed by atoms with Crippen LogP contribution in [-0.2, 0) is 0 Å². The molecular formula is C9H16N2O. The number of hydrogen-bond acceptors (Lipinski definition) is 3. The van der Waals surface area contributed by atoms with E-state index in [0.29, 0.717) is 11.8 Å². The van der Waals surface area contributed by atoms with E-state index in [-0.39, 0.29) is 0 Å². The van der Waals surface area contributed by atoms with Crippen molar-refractivity contribution in [3.63, 3.8) is 0 Å². The summed E-state index contributed by atoms with van der Waals surface area (Å²) in [6.45, 7) is 6.15. The Morgan fingerprint density at radius 1 is 1.33 bits per heavy atom. The van der Waals surface area contributed by atoms with Gasteiger partial charge in [0.05, 0.1) is 0 Å². The van der Waals surface area contributed by atoms with Crippen LogP contribution in [0.4, 0.5) is 0 Å². The molecule has 1 aromatic rings. The molecular weight excluding hydrogens is 152 g/mol. The molecule has 1 unspecified atom stereocenters. The van der Waals surface area contributed by atoms with Crippen molar-refractivity contribution in [1.82, 2.24) is 10.2 Å². The standard InChI is InChI=1S/C9H16N2O/c1-4-6-8(5-2)9-11-10-7(3)12-9/h8H,4-6H2,1-3H3. The summed E-state index contributed by atoms with van der Waals surface area (Å²) < 4.78 is 5.37. The fourth-order valence-corrected chi connectivity index (χ4v) is 1.33. The minimum absolute atomic E-state index is 0.455. The van der Waals surface area contributed by atoms with Crippen LogP contribution in [-0.4, -0.2) is 10.2 Å². The van der Waals surface area contributed by atoms with E-state index >= 15 is 0 Å². The normalized spacial score (nSPS) is 13.2. The molecule has 0 aliphatic heterocycles. The van der Waals surface area contributed by atoms with E-state index in [1.165, 1.54) is 6.42 Å². The van der Waals surface area contributed by atoms with Crippen molar-refractivity contribution in [1.29, 1.82) is 0 Å². The first-order chi connectivity index (χ1) is 5.77. The van der Waals surface area contributed by atoms with Crippen LogP contribution in [0.2, 0.25) is 0 Å². The first-order valence-corrected chi connectivity index (χ1v) is 4.57. The lowest BCUT2D eigenvalue weighted by Gasteiger charge is -2.06. The van der Waals surface area contributed by atoms with Gasteiger partial charge >= 0.3 is 0 Å². The molecule has 1 atom stereocenters. The van der Waals surface area contributed by atoms with Crippen LogP contribution in [0, 0.1) is 6.92 Å². The van der Waals surface area contributed by atoms with Crippen molar-refractivity contribution in [2.45, 2.75) is 46.0 Å². The second-order valence-corrected chi connectivity index (χ2v) is 3.05. The van der Waals surface area contributed by atoms with Crippen molar-refractivity contribution in [3.05, 3.63) is 11.8 Å². The molecule has 3 heteroatoms. The van der Waals surface area contributed by atoms with Crippen molar-refractivity contribution in [2.75, 3.05) is 0 Å². The lowest BCUT2D eigenvalue weighted by atomic mass is 10.0. The van der Waals surface area contributed by atoms with Crippen LogP contribution in [0.25, 0.3) is 0 Å². The van der Waals surface area contributed by atoms with Crippen LogP contribution >= 0.6 is 0 Å². The van der Waals surface area contributed by atoms with E-state index in [4.69, 9.17) is 4.42 Å². The Bertz CT molecular complexity index is 232. The Hall–Kier alpha value is -0.860. The zero-order chi connectivity index (χ0) is 8.97. The third kappa shape index (κ3) is 2.06. The Kier molecular flexibility index (Phi) is 3.26. The largest absolute Gasteiger partial charge is 0.425 e. The molecule has 0 fully saturated rings. The summed E-state index contributed by atoms with van der Waals surface area (Å²) in [5.74, 6) is 1.92. The van der Waals surface area contributed by atoms with E-state index < -0.39 is 0 Å². The third-order valence-corrected chi connectivity index (χ3v) is 2.02. The molecule has 0 spiro atoms. The quantitative estimate of drug-likeness (QED) is 0.693. The molecule has 0 bridgehead atoms. The zero-order valence-corrected chi connectivity index (χ0v) is 8.00. The molecule has 0 aliphatic carbocycles. The van der Waals surface area contributed by atoms with Gasteiger partial charge in [0.25, 0.3) is 0 Å². The van der Waals surface area contributed by atoms with Crippen molar-refractivity contribution >= 4 is 0 Å². The van der Waals surface area contributed by atoms with Crippen LogP contribution in [0.5, 0.6) is 0 Å². The van der Waals surface area contributed by atoms with Crippen LogP contribution in [0.1, 0.15) is 50.8 Å². The number of aromatic nitrogens is 2. The highest BCUT2D eigenvalue weighted by atomic mass is 16.4. The average Bonchev–Trinajstić information content (AvgIpc) is 2.47. The highest BCUT2D eigenvalue weighted by Gasteiger charge is 2.14. The maximum atomic E-state index is 5.37. The molecule has 0 saturated heterocycles. The van der Waals surface area contributed by atoms with E-state index in [2.05, 4.69) is 24.0 Å². The molecule has 1 rings (SSSR count). The molecule has 1 heterocycles. The average molecular weight is 168 g/mol. The second-order valence-electron chi connectivity index (χ2n) is 3.05. The Morgan fingerprint density at radius 3 is 2.50 bits per heavy atom. The zero-order valence-electron chi connectivity index (χ0n) is 8.00. The smallest absolute Gasteiger partial charge is 0.219 e. The van der Waals surface area contributed by atoms with Gasteiger partial charge in [0, 0.05) is 12.8 Å². The van der Waals surface area contributed by atoms with Crippen molar-refractivity contribution in [2.24, 2.45) is 0 Å². The number of aryl methyl sites for hydroxylation is 1. The van der Waals surface area contributed by atoms with E-state index in [1.54, 1.807) is 0 Å². The van der Waals surface area contributed by atoms with Crippen molar-refractivity contribution in [3.8, 4) is 0 Å². The van der Waals surface area contributed by atoms with Crippen LogP contribution < -0.4 is 0 Å². The molecule has 0 saturated carbocycles. The van der Waals surface area contributed by atoms with Gasteiger partial charge in [-0.25, -0.2) is 0 Å². The highest BCUT2D eigenvalue weighted by Crippen LogP contribution is 2.22. The van der Waals surface area contributed by atoms with Gasteiger partial charge in [-0.2, -0.15) is 0 Å². The summed E-state index contributed by atoms with van der Waals surface area (Å²) in [5, 5.41) is 7.84. The molecule has 0 aliphatic rings. The second kappa shape index (κ2) is 4.24. The Morgan fingerprint density at radius 2 is 2.08 bits per heavy atom. The highest BCUT2D eigenvalue weighted by molar-refractivity contribution is 4.89. The Balaban J connectivity index is 2.66. The molecule has 0 N–H and O–H groups in total. The molecule has 3 nitrogen and oxygen atoms in total. The van der Waals surface area contributed by atoms with Crippen molar-refractivity contribution < 1.29 is 4.42 Å². The predicted octanol–water partition coefficient (Wildman–Crippen LogP) is 2.67. The topological polar surface area (TPSA) is 38.9 Å². The molecule has 68 valence electrons. The number of rotatable bonds is 4. The van der Waals surface area contributed by atoms with Crippen LogP contribution in [0.15, 0.2) is 4.42 Å². The summed E-state index contributed by atoms with van der Waals surface area (Å²) in [7, 11) is 0. The fraction of sp³-hybridized carbons (Fsp3) is 0.778. The predicted molar refractivity (Wildman–Crippen MR) is 47.0 cm³/mol. The fourth-order valence-electron chi connectivity index (χ4n) is 1.33. The Labute approximate surface area is 73.2 Å². The molecule has 1 aromatic heterocycles. The van der Waals surface area contributed by atoms with E-state index in [1.807, 2.05) is 6.92 Å². The van der Waals surface area contributed by atoms with Gasteiger partial charge in [-0.15, -0.1) is 10.2 Å². The number of nitrogens with zero attached hydrogens (tertiary/aromatic N) is 2. The molecule has 0 amide bonds. The lowest BCUT2D eigenvalue weighted by Crippen LogP contribution is -1.96. The minimum Gasteiger partial charge on any atom is -0.425 e. The summed E-state index contributed by atoms with van der Waals surface area (Å²) in [6.07, 6.45) is 3.38. The summed E-state index contributed by atoms with van der Waals surface area (Å²) in [6, 6.07) is 0. The minimum atomic E-state index is 0.455. The maximum Gasteiger partial charge on any atom is 0.219 e. The van der Waals surface area contributed by atoms with Gasteiger partial charge in [-0.1, -0.05) is 20.3 Å². The van der Waals surface area contributed by atoms with Gasteiger partial charge in [0.2, 0.25) is 11.8 Å². The molecule has 0 aromatic carbocycles. The van der Waals surface area contributed by atoms with Gasteiger partial charge in [-0.3, -0.25) is 0 Å². The van der Waals surface area contributed by atoms with Crippen LogP contribution in [0.3, 0.4) is 0 Å². The van der Waals surface area contributed by atoms with Gasteiger partial charge < -0.3 is 4.42 Å². The maximum absolute atomic E-state index is 5.37. The lowest BCUT2D eigenvalue weighted by molar-refractivity contribution is 0.406. The summed E-state index contributed by atoms with van der Waals surface area (Å²) in [5.41, 5.74) is 0. The molecule has 0 radical (unpaired) electrons. The first-order valence-electron chi connectivity index (χ1n) is 4.57. The van der Waals surface area contributed by atoms with E-state index in [0.717, 1.165) is 18.7 Å². The third-order valence-electron chi connectivity index (χ3n) is 2.02. The monoisotopic (exact) mass is 168 g/mol. The van der Waals surface area contributed by atoms with Gasteiger partial charge in [0.15, 0.2) is 0 Å².